The molecule has 2 rings (SSSR count). The third-order valence-electron chi connectivity index (χ3n) is 21.6. The second-order valence-corrected chi connectivity index (χ2v) is 32.6. The summed E-state index contributed by atoms with van der Waals surface area (Å²) in [5.74, 6) is -26.2. The van der Waals surface area contributed by atoms with Gasteiger partial charge in [-0.1, -0.05) is 103 Å². The van der Waals surface area contributed by atoms with Crippen molar-refractivity contribution in [2.24, 2.45) is 46.4 Å². The fraction of sp³-hybridized carbons (Fsp3) is 0.624. The quantitative estimate of drug-likeness (QED) is 0.0167. The molecule has 0 saturated heterocycles. The van der Waals surface area contributed by atoms with Crippen LogP contribution in [-0.4, -0.2) is 289 Å². The fourth-order valence-corrected chi connectivity index (χ4v) is 13.3. The number of carboxylic acid groups (broad SMARTS) is 5. The van der Waals surface area contributed by atoms with Gasteiger partial charge < -0.3 is 149 Å². The molecule has 0 radical (unpaired) electrons. The van der Waals surface area contributed by atoms with E-state index >= 15 is 0 Å². The standard InChI is InChI=1S/C85H137N21O27/c1-7-46(5)68(105-75(123)55(30-34-64(112)113)93-70(118)51(89)21-12-15-37-86)82(130)102-61(43-107)79(127)97-57(32-36-66(116)117)76(124)106-69(47(6)8-2)83(131)103-62(44-108)80(128)101-60(42-49-25-27-50(109)28-26-49)78(126)96-56(31-35-65(114)115)74(122)104-67(45(3)4)81(129)98-54(29-33-63(110)111)73(121)100-59(41-48-19-10-9-11-20-48)77(125)95-53(24-18-40-92-85(90)91)71(119)94-52(22-13-16-38-87)72(120)99-58(84(132)133)23-14-17-39-88/h9-11,19-20,25-28,45-47,51-62,67-69,107-109H,7-8,12-18,21-24,29-44,86-89H2,1-6H3,(H,93,118)(H,94,119)(H,95,125)(H,96,126)(H,97,127)(H,98,129)(H,99,120)(H,100,121)(H,101,128)(H,102,130)(H,103,131)(H,104,122)(H,105,123)(H,106,124)(H,110,111)(H,112,113)(H,114,115)(H,116,117)(H,132,133)(H4,90,91,92)/t46-,47-,51-,52-,53-,54-,55-,56-,57-,58-,59-,60-,61-,62-,67-,68-,69-/m0/s1. The summed E-state index contributed by atoms with van der Waals surface area (Å²) in [6.07, 6.45) is -3.94. The first-order valence-corrected chi connectivity index (χ1v) is 44.2. The van der Waals surface area contributed by atoms with E-state index in [1.165, 1.54) is 52.0 Å². The molecule has 0 aliphatic rings. The van der Waals surface area contributed by atoms with Crippen LogP contribution in [0.15, 0.2) is 54.6 Å². The summed E-state index contributed by atoms with van der Waals surface area (Å²) >= 11 is 0. The van der Waals surface area contributed by atoms with Crippen molar-refractivity contribution in [3.05, 3.63) is 65.7 Å². The predicted octanol–water partition coefficient (Wildman–Crippen LogP) is -5.78. The number of carbonyl (C=O) groups excluding carboxylic acids is 14. The molecule has 48 nitrogen and oxygen atoms in total. The van der Waals surface area contributed by atoms with E-state index in [1.807, 2.05) is 0 Å². The number of amides is 14. The second kappa shape index (κ2) is 62.5. The Bertz CT molecular complexity index is 4170. The van der Waals surface area contributed by atoms with Crippen molar-refractivity contribution in [2.75, 3.05) is 39.4 Å². The summed E-state index contributed by atoms with van der Waals surface area (Å²) in [7, 11) is 0. The van der Waals surface area contributed by atoms with Crippen LogP contribution in [0.2, 0.25) is 0 Å². The summed E-state index contributed by atoms with van der Waals surface area (Å²) in [6.45, 7) is 7.29. The minimum Gasteiger partial charge on any atom is -0.508 e. The minimum atomic E-state index is -2.04. The Morgan fingerprint density at radius 2 is 0.609 bits per heavy atom. The molecule has 34 N–H and O–H groups in total. The molecule has 0 saturated carbocycles. The molecule has 133 heavy (non-hydrogen) atoms. The second-order valence-electron chi connectivity index (χ2n) is 32.6. The third-order valence-corrected chi connectivity index (χ3v) is 21.6. The number of phenols is 1. The molecule has 17 atom stereocenters. The van der Waals surface area contributed by atoms with Gasteiger partial charge >= 0.3 is 29.8 Å². The summed E-state index contributed by atoms with van der Waals surface area (Å²) in [6, 6.07) is -12.2. The molecule has 744 valence electrons. The van der Waals surface area contributed by atoms with E-state index < -0.39 is 298 Å². The number of nitrogens with two attached hydrogens (primary N) is 5. The topological polar surface area (TPSA) is 821 Å². The smallest absolute Gasteiger partial charge is 0.326 e. The van der Waals surface area contributed by atoms with Crippen LogP contribution in [0.25, 0.3) is 0 Å². The molecule has 0 unspecified atom stereocenters. The highest BCUT2D eigenvalue weighted by atomic mass is 16.4. The maximum Gasteiger partial charge on any atom is 0.326 e. The van der Waals surface area contributed by atoms with Crippen LogP contribution < -0.4 is 108 Å². The van der Waals surface area contributed by atoms with Gasteiger partial charge in [0.1, 0.15) is 90.3 Å². The van der Waals surface area contributed by atoms with Crippen LogP contribution in [0, 0.1) is 23.2 Å². The summed E-state index contributed by atoms with van der Waals surface area (Å²) in [5, 5.41) is 125. The van der Waals surface area contributed by atoms with E-state index in [0.29, 0.717) is 44.2 Å². The van der Waals surface area contributed by atoms with Crippen molar-refractivity contribution < 1.29 is 132 Å². The highest BCUT2D eigenvalue weighted by molar-refractivity contribution is 6.01. The first-order valence-electron chi connectivity index (χ1n) is 44.2. The van der Waals surface area contributed by atoms with Crippen LogP contribution in [-0.2, 0) is 104 Å². The van der Waals surface area contributed by atoms with E-state index in [-0.39, 0.29) is 88.7 Å². The number of aliphatic hydroxyl groups is 2. The summed E-state index contributed by atoms with van der Waals surface area (Å²) in [4.78, 5) is 261. The van der Waals surface area contributed by atoms with Crippen LogP contribution >= 0.6 is 0 Å². The Hall–Kier alpha value is -12.8. The molecule has 0 aromatic heterocycles. The number of phenolic OH excluding ortho intramolecular Hbond substituents is 1. The molecule has 0 heterocycles. The van der Waals surface area contributed by atoms with Gasteiger partial charge in [-0.25, -0.2) is 4.79 Å². The van der Waals surface area contributed by atoms with Crippen molar-refractivity contribution >= 4 is 119 Å². The van der Waals surface area contributed by atoms with Gasteiger partial charge in [0.05, 0.1) is 19.3 Å². The van der Waals surface area contributed by atoms with Crippen molar-refractivity contribution in [1.82, 2.24) is 79.8 Å². The third kappa shape index (κ3) is 44.8. The molecule has 48 heteroatoms. The van der Waals surface area contributed by atoms with Crippen molar-refractivity contribution in [2.45, 2.75) is 280 Å². The van der Waals surface area contributed by atoms with E-state index in [4.69, 9.17) is 34.1 Å². The fourth-order valence-electron chi connectivity index (χ4n) is 13.3. The van der Waals surface area contributed by atoms with Crippen LogP contribution in [0.3, 0.4) is 0 Å². The molecule has 0 fully saturated rings. The number of aromatic hydroxyl groups is 1. The van der Waals surface area contributed by atoms with Gasteiger partial charge in [-0.05, 0) is 151 Å². The lowest BCUT2D eigenvalue weighted by molar-refractivity contribution is -0.142. The predicted molar refractivity (Wildman–Crippen MR) is 478 cm³/mol. The Morgan fingerprint density at radius 1 is 0.331 bits per heavy atom. The molecule has 2 aromatic rings. The van der Waals surface area contributed by atoms with E-state index in [9.17, 15) is 132 Å². The van der Waals surface area contributed by atoms with Gasteiger partial charge in [0.2, 0.25) is 82.7 Å². The highest BCUT2D eigenvalue weighted by Crippen LogP contribution is 2.19. The van der Waals surface area contributed by atoms with Crippen molar-refractivity contribution in [3.8, 4) is 5.75 Å². The summed E-state index contributed by atoms with van der Waals surface area (Å²) in [5.41, 5.74) is 29.0. The Morgan fingerprint density at radius 3 is 0.947 bits per heavy atom. The molecular weight excluding hydrogens is 1750 g/mol. The molecule has 0 aliphatic carbocycles. The number of carbonyl (C=O) groups is 19. The lowest BCUT2D eigenvalue weighted by atomic mass is 9.96. The van der Waals surface area contributed by atoms with Crippen LogP contribution in [0.4, 0.5) is 0 Å². The first-order chi connectivity index (χ1) is 62.9. The molecule has 0 spiro atoms. The average Bonchev–Trinajstić information content (AvgIpc) is 0.849. The lowest BCUT2D eigenvalue weighted by Gasteiger charge is -2.30. The zero-order valence-electron chi connectivity index (χ0n) is 75.8. The number of unbranched alkanes of at least 4 members (excludes halogenated alkanes) is 3. The molecule has 0 bridgehead atoms. The van der Waals surface area contributed by atoms with Crippen molar-refractivity contribution in [3.63, 3.8) is 0 Å². The van der Waals surface area contributed by atoms with Crippen LogP contribution in [0.1, 0.15) is 188 Å². The van der Waals surface area contributed by atoms with Gasteiger partial charge in [0.15, 0.2) is 5.96 Å². The maximum absolute atomic E-state index is 14.8. The number of aliphatic carboxylic acids is 5. The Labute approximate surface area is 769 Å². The van der Waals surface area contributed by atoms with E-state index in [0.717, 1.165) is 0 Å². The molecular formula is C85H137N21O27. The molecule has 0 aliphatic heterocycles. The number of benzene rings is 2. The van der Waals surface area contributed by atoms with E-state index in [1.54, 1.807) is 44.2 Å². The lowest BCUT2D eigenvalue weighted by Crippen LogP contribution is -2.62. The minimum absolute atomic E-state index is 0.000827. The number of rotatable bonds is 68. The molecule has 2 aromatic carbocycles. The zero-order chi connectivity index (χ0) is 100. The first kappa shape index (κ1) is 116. The van der Waals surface area contributed by atoms with Gasteiger partial charge in [-0.3, -0.25) is 91.7 Å². The molecule has 14 amide bonds. The van der Waals surface area contributed by atoms with Gasteiger partial charge in [0.25, 0.3) is 0 Å². The van der Waals surface area contributed by atoms with Crippen LogP contribution in [0.5, 0.6) is 5.75 Å². The number of hydrogen-bond acceptors (Lipinski definition) is 27. The van der Waals surface area contributed by atoms with Gasteiger partial charge in [-0.2, -0.15) is 0 Å². The number of guanidine groups is 1. The maximum atomic E-state index is 14.8. The zero-order valence-corrected chi connectivity index (χ0v) is 75.8. The number of nitrogens with one attached hydrogen (secondary N) is 16. The number of carboxylic acids is 5. The number of hydrogen-bond donors (Lipinski definition) is 29. The van der Waals surface area contributed by atoms with Crippen molar-refractivity contribution in [1.29, 1.82) is 5.41 Å². The summed E-state index contributed by atoms with van der Waals surface area (Å²) < 4.78 is 0. The number of aliphatic hydroxyl groups excluding tert-OH is 2. The highest BCUT2D eigenvalue weighted by Gasteiger charge is 2.41. The SMILES string of the molecule is CC[C@H](C)[C@H](NC(=O)[C@H](CCC(=O)O)NC(=O)[C@H](CO)NC(=O)[C@@H](NC(=O)[C@H](CCC(=O)O)NC(=O)[C@@H](N)CCCCN)[C@@H](C)CC)C(=O)N[C@@H](CO)C(=O)N[C@@H](Cc1ccc(O)cc1)C(=O)N[C@@H](CCC(=O)O)C(=O)N[C@H](C(=O)N[C@@H](CCC(=O)O)C(=O)N[C@@H](Cc1ccccc1)C(=O)N[C@@H](CCCNC(=N)N)C(=O)N[C@@H](CCCCN)C(=O)N[C@@H](CCCCN)C(=O)O)C(C)C. The monoisotopic (exact) mass is 1880 g/mol. The largest absolute Gasteiger partial charge is 0.508 e. The van der Waals surface area contributed by atoms with Gasteiger partial charge in [-0.15, -0.1) is 0 Å². The Kier molecular flexibility index (Phi) is 54.7. The Balaban J connectivity index is 2.63. The van der Waals surface area contributed by atoms with E-state index in [2.05, 4.69) is 79.8 Å². The average molecular weight is 1890 g/mol. The van der Waals surface area contributed by atoms with Gasteiger partial charge in [0, 0.05) is 45.1 Å². The normalized spacial score (nSPS) is 15.0.